The Morgan fingerprint density at radius 2 is 2.25 bits per heavy atom. The minimum Gasteiger partial charge on any atom is -0.354 e. The average molecular weight is 170 g/mol. The van der Waals surface area contributed by atoms with E-state index < -0.39 is 0 Å². The third-order valence-electron chi connectivity index (χ3n) is 1.67. The molecule has 1 amide bonds. The third kappa shape index (κ3) is 4.91. The average Bonchev–Trinajstić information content (AvgIpc) is 2.10. The van der Waals surface area contributed by atoms with Gasteiger partial charge >= 0.3 is 0 Å². The van der Waals surface area contributed by atoms with E-state index in [0.717, 1.165) is 13.0 Å². The highest BCUT2D eigenvalue weighted by Crippen LogP contribution is 1.82. The Morgan fingerprint density at radius 3 is 2.75 bits per heavy atom. The summed E-state index contributed by atoms with van der Waals surface area (Å²) in [6.45, 7) is 4.53. The molecule has 0 aliphatic heterocycles. The molecule has 0 aromatic heterocycles. The zero-order chi connectivity index (χ0) is 9.40. The van der Waals surface area contributed by atoms with Crippen molar-refractivity contribution < 1.29 is 4.79 Å². The Balaban J connectivity index is 3.43. The van der Waals surface area contributed by atoms with Crippen LogP contribution < -0.4 is 10.6 Å². The molecule has 3 nitrogen and oxygen atoms in total. The van der Waals surface area contributed by atoms with Crippen LogP contribution in [0.4, 0.5) is 0 Å². The highest BCUT2D eigenvalue weighted by Gasteiger charge is 2.07. The molecule has 0 aliphatic rings. The van der Waals surface area contributed by atoms with Crippen molar-refractivity contribution >= 4 is 5.91 Å². The molecule has 1 atom stereocenters. The van der Waals surface area contributed by atoms with E-state index in [-0.39, 0.29) is 11.9 Å². The summed E-state index contributed by atoms with van der Waals surface area (Å²) in [7, 11) is 1.77. The number of carbonyl (C=O) groups is 1. The van der Waals surface area contributed by atoms with Gasteiger partial charge in [-0.25, -0.2) is 0 Å². The van der Waals surface area contributed by atoms with Crippen LogP contribution in [0.2, 0.25) is 0 Å². The summed E-state index contributed by atoms with van der Waals surface area (Å²) in [4.78, 5) is 11.1. The van der Waals surface area contributed by atoms with Gasteiger partial charge in [-0.1, -0.05) is 12.2 Å². The normalized spacial score (nSPS) is 13.2. The van der Waals surface area contributed by atoms with E-state index in [1.807, 2.05) is 26.0 Å². The molecule has 0 radical (unpaired) electrons. The fourth-order valence-corrected chi connectivity index (χ4v) is 0.730. The van der Waals surface area contributed by atoms with Crippen LogP contribution in [0, 0.1) is 0 Å². The summed E-state index contributed by atoms with van der Waals surface area (Å²) in [6.07, 6.45) is 4.91. The third-order valence-corrected chi connectivity index (χ3v) is 1.67. The molecule has 0 spiro atoms. The lowest BCUT2D eigenvalue weighted by Crippen LogP contribution is -2.40. The SMILES string of the molecule is C/C=C/CCNC(=O)C(C)NC. The minimum atomic E-state index is -0.101. The highest BCUT2D eigenvalue weighted by atomic mass is 16.2. The fourth-order valence-electron chi connectivity index (χ4n) is 0.730. The lowest BCUT2D eigenvalue weighted by Gasteiger charge is -2.09. The lowest BCUT2D eigenvalue weighted by molar-refractivity contribution is -0.122. The number of amides is 1. The van der Waals surface area contributed by atoms with Gasteiger partial charge in [0.2, 0.25) is 5.91 Å². The predicted octanol–water partition coefficient (Wildman–Crippen LogP) is 0.677. The molecule has 0 aliphatic carbocycles. The van der Waals surface area contributed by atoms with E-state index in [0.29, 0.717) is 0 Å². The van der Waals surface area contributed by atoms with Gasteiger partial charge in [-0.05, 0) is 27.3 Å². The number of likely N-dealkylation sites (N-methyl/N-ethyl adjacent to an activating group) is 1. The van der Waals surface area contributed by atoms with Crippen molar-refractivity contribution in [3.8, 4) is 0 Å². The molecule has 0 rings (SSSR count). The van der Waals surface area contributed by atoms with Gasteiger partial charge in [-0.15, -0.1) is 0 Å². The molecule has 12 heavy (non-hydrogen) atoms. The lowest BCUT2D eigenvalue weighted by atomic mass is 10.3. The monoisotopic (exact) mass is 170 g/mol. The maximum Gasteiger partial charge on any atom is 0.236 e. The van der Waals surface area contributed by atoms with E-state index in [1.165, 1.54) is 0 Å². The number of nitrogens with one attached hydrogen (secondary N) is 2. The molecule has 3 heteroatoms. The first kappa shape index (κ1) is 11.2. The van der Waals surface area contributed by atoms with Gasteiger partial charge in [0, 0.05) is 6.54 Å². The maximum atomic E-state index is 11.1. The van der Waals surface area contributed by atoms with Crippen molar-refractivity contribution in [2.45, 2.75) is 26.3 Å². The minimum absolute atomic E-state index is 0.0574. The van der Waals surface area contributed by atoms with Crippen molar-refractivity contribution in [2.75, 3.05) is 13.6 Å². The van der Waals surface area contributed by atoms with E-state index >= 15 is 0 Å². The smallest absolute Gasteiger partial charge is 0.236 e. The molecular formula is C9H18N2O. The van der Waals surface area contributed by atoms with E-state index in [9.17, 15) is 4.79 Å². The van der Waals surface area contributed by atoms with Crippen molar-refractivity contribution in [1.29, 1.82) is 0 Å². The topological polar surface area (TPSA) is 41.1 Å². The molecule has 0 fully saturated rings. The van der Waals surface area contributed by atoms with Crippen LogP contribution in [-0.4, -0.2) is 25.5 Å². The van der Waals surface area contributed by atoms with Gasteiger partial charge in [-0.3, -0.25) is 4.79 Å². The van der Waals surface area contributed by atoms with Crippen LogP contribution in [-0.2, 0) is 4.79 Å². The molecule has 0 bridgehead atoms. The fraction of sp³-hybridized carbons (Fsp3) is 0.667. The summed E-state index contributed by atoms with van der Waals surface area (Å²) in [5.74, 6) is 0.0574. The second-order valence-corrected chi connectivity index (χ2v) is 2.66. The summed E-state index contributed by atoms with van der Waals surface area (Å²) in [5.41, 5.74) is 0. The second-order valence-electron chi connectivity index (χ2n) is 2.66. The van der Waals surface area contributed by atoms with Crippen molar-refractivity contribution in [2.24, 2.45) is 0 Å². The standard InChI is InChI=1S/C9H18N2O/c1-4-5-6-7-11-9(12)8(2)10-3/h4-5,8,10H,6-7H2,1-3H3,(H,11,12)/b5-4+. The highest BCUT2D eigenvalue weighted by molar-refractivity contribution is 5.81. The van der Waals surface area contributed by atoms with E-state index in [1.54, 1.807) is 7.05 Å². The van der Waals surface area contributed by atoms with Crippen LogP contribution in [0.15, 0.2) is 12.2 Å². The molecule has 0 saturated heterocycles. The first-order chi connectivity index (χ1) is 5.72. The number of rotatable bonds is 5. The molecule has 2 N–H and O–H groups in total. The Hall–Kier alpha value is -0.830. The molecule has 0 saturated carbocycles. The Labute approximate surface area is 74.2 Å². The summed E-state index contributed by atoms with van der Waals surface area (Å²) in [5, 5.41) is 5.69. The van der Waals surface area contributed by atoms with Crippen LogP contribution in [0.5, 0.6) is 0 Å². The first-order valence-corrected chi connectivity index (χ1v) is 4.28. The van der Waals surface area contributed by atoms with Crippen LogP contribution >= 0.6 is 0 Å². The van der Waals surface area contributed by atoms with Crippen molar-refractivity contribution in [1.82, 2.24) is 10.6 Å². The zero-order valence-corrected chi connectivity index (χ0v) is 8.05. The largest absolute Gasteiger partial charge is 0.354 e. The maximum absolute atomic E-state index is 11.1. The molecular weight excluding hydrogens is 152 g/mol. The van der Waals surface area contributed by atoms with Gasteiger partial charge in [0.15, 0.2) is 0 Å². The Bertz CT molecular complexity index is 155. The molecule has 0 aromatic rings. The van der Waals surface area contributed by atoms with Gasteiger partial charge in [0.05, 0.1) is 6.04 Å². The summed E-state index contributed by atoms with van der Waals surface area (Å²) >= 11 is 0. The van der Waals surface area contributed by atoms with Crippen LogP contribution in [0.3, 0.4) is 0 Å². The van der Waals surface area contributed by atoms with Gasteiger partial charge in [0.1, 0.15) is 0 Å². The van der Waals surface area contributed by atoms with Crippen molar-refractivity contribution in [3.05, 3.63) is 12.2 Å². The molecule has 0 aromatic carbocycles. The number of carbonyl (C=O) groups excluding carboxylic acids is 1. The number of hydrogen-bond donors (Lipinski definition) is 2. The summed E-state index contributed by atoms with van der Waals surface area (Å²) < 4.78 is 0. The van der Waals surface area contributed by atoms with E-state index in [4.69, 9.17) is 0 Å². The number of allylic oxidation sites excluding steroid dienone is 1. The zero-order valence-electron chi connectivity index (χ0n) is 8.05. The van der Waals surface area contributed by atoms with Gasteiger partial charge in [0.25, 0.3) is 0 Å². The van der Waals surface area contributed by atoms with Crippen LogP contribution in [0.1, 0.15) is 20.3 Å². The number of hydrogen-bond acceptors (Lipinski definition) is 2. The van der Waals surface area contributed by atoms with Gasteiger partial charge in [-0.2, -0.15) is 0 Å². The molecule has 1 unspecified atom stereocenters. The molecule has 70 valence electrons. The Kier molecular flexibility index (Phi) is 6.38. The van der Waals surface area contributed by atoms with Gasteiger partial charge < -0.3 is 10.6 Å². The first-order valence-electron chi connectivity index (χ1n) is 4.28. The quantitative estimate of drug-likeness (QED) is 0.470. The van der Waals surface area contributed by atoms with Crippen LogP contribution in [0.25, 0.3) is 0 Å². The summed E-state index contributed by atoms with van der Waals surface area (Å²) in [6, 6.07) is -0.101. The Morgan fingerprint density at radius 1 is 1.58 bits per heavy atom. The second kappa shape index (κ2) is 6.85. The van der Waals surface area contributed by atoms with Crippen molar-refractivity contribution in [3.63, 3.8) is 0 Å². The van der Waals surface area contributed by atoms with E-state index in [2.05, 4.69) is 10.6 Å². The predicted molar refractivity (Wildman–Crippen MR) is 51.0 cm³/mol. The molecule has 0 heterocycles.